The van der Waals surface area contributed by atoms with E-state index in [0.29, 0.717) is 12.8 Å². The second-order valence-electron chi connectivity index (χ2n) is 5.28. The maximum Gasteiger partial charge on any atom is 0.223 e. The van der Waals surface area contributed by atoms with Crippen molar-refractivity contribution in [3.05, 3.63) is 0 Å². The molecule has 5 heteroatoms. The molecule has 1 fully saturated rings. The van der Waals surface area contributed by atoms with Crippen LogP contribution in [0, 0.1) is 0 Å². The normalized spacial score (nSPS) is 16.4. The Balaban J connectivity index is 2.10. The monoisotopic (exact) mass is 269 g/mol. The number of likely N-dealkylation sites (tertiary alicyclic amines) is 1. The molecule has 1 rings (SSSR count). The molecule has 1 saturated heterocycles. The van der Waals surface area contributed by atoms with Gasteiger partial charge in [-0.15, -0.1) is 0 Å². The SMILES string of the molecule is CCCCCNC(=O)CCC(=O)N1CCC(N)CC1. The third kappa shape index (κ3) is 6.57. The fraction of sp³-hybridized carbons (Fsp3) is 0.857. The lowest BCUT2D eigenvalue weighted by Crippen LogP contribution is -2.43. The highest BCUT2D eigenvalue weighted by atomic mass is 16.2. The smallest absolute Gasteiger partial charge is 0.223 e. The van der Waals surface area contributed by atoms with E-state index < -0.39 is 0 Å². The van der Waals surface area contributed by atoms with Crippen LogP contribution in [-0.2, 0) is 9.59 Å². The first-order chi connectivity index (χ1) is 9.13. The molecule has 5 nitrogen and oxygen atoms in total. The van der Waals surface area contributed by atoms with Crippen LogP contribution in [0.1, 0.15) is 51.9 Å². The Hall–Kier alpha value is -1.10. The van der Waals surface area contributed by atoms with Crippen LogP contribution >= 0.6 is 0 Å². The first-order valence-electron chi connectivity index (χ1n) is 7.43. The fourth-order valence-electron chi connectivity index (χ4n) is 2.22. The molecule has 1 heterocycles. The number of hydrogen-bond donors (Lipinski definition) is 2. The molecule has 0 atom stereocenters. The Morgan fingerprint density at radius 2 is 1.89 bits per heavy atom. The lowest BCUT2D eigenvalue weighted by molar-refractivity contribution is -0.134. The first-order valence-corrected chi connectivity index (χ1v) is 7.43. The maximum absolute atomic E-state index is 11.9. The lowest BCUT2D eigenvalue weighted by Gasteiger charge is -2.30. The molecule has 1 aliphatic rings. The number of hydrogen-bond acceptors (Lipinski definition) is 3. The molecule has 1 aliphatic heterocycles. The summed E-state index contributed by atoms with van der Waals surface area (Å²) in [6, 6.07) is 0.228. The van der Waals surface area contributed by atoms with Crippen LogP contribution < -0.4 is 11.1 Å². The van der Waals surface area contributed by atoms with E-state index in [1.807, 2.05) is 4.90 Å². The average molecular weight is 269 g/mol. The summed E-state index contributed by atoms with van der Waals surface area (Å²) in [6.07, 6.45) is 5.64. The molecule has 0 bridgehead atoms. The maximum atomic E-state index is 11.9. The van der Waals surface area contributed by atoms with Crippen molar-refractivity contribution in [3.8, 4) is 0 Å². The zero-order valence-electron chi connectivity index (χ0n) is 12.0. The van der Waals surface area contributed by atoms with Crippen molar-refractivity contribution in [2.24, 2.45) is 5.73 Å². The Kier molecular flexibility index (Phi) is 7.48. The molecule has 0 aliphatic carbocycles. The molecule has 110 valence electrons. The third-order valence-electron chi connectivity index (χ3n) is 3.56. The summed E-state index contributed by atoms with van der Waals surface area (Å²) in [6.45, 7) is 4.32. The molecule has 3 N–H and O–H groups in total. The Morgan fingerprint density at radius 3 is 2.53 bits per heavy atom. The molecule has 19 heavy (non-hydrogen) atoms. The fourth-order valence-corrected chi connectivity index (χ4v) is 2.22. The number of nitrogens with two attached hydrogens (primary N) is 1. The van der Waals surface area contributed by atoms with Crippen molar-refractivity contribution < 1.29 is 9.59 Å². The van der Waals surface area contributed by atoms with Gasteiger partial charge in [0.05, 0.1) is 0 Å². The number of carbonyl (C=O) groups excluding carboxylic acids is 2. The van der Waals surface area contributed by atoms with E-state index in [4.69, 9.17) is 5.73 Å². The van der Waals surface area contributed by atoms with E-state index in [9.17, 15) is 9.59 Å². The van der Waals surface area contributed by atoms with Gasteiger partial charge in [0.15, 0.2) is 0 Å². The van der Waals surface area contributed by atoms with Crippen LogP contribution in [0.4, 0.5) is 0 Å². The average Bonchev–Trinajstić information content (AvgIpc) is 2.42. The van der Waals surface area contributed by atoms with Crippen LogP contribution in [0.15, 0.2) is 0 Å². The molecule has 2 amide bonds. The first kappa shape index (κ1) is 16.0. The molecule has 0 saturated carbocycles. The van der Waals surface area contributed by atoms with Gasteiger partial charge in [0, 0.05) is 38.5 Å². The second-order valence-corrected chi connectivity index (χ2v) is 5.28. The van der Waals surface area contributed by atoms with Gasteiger partial charge in [0.2, 0.25) is 11.8 Å². The molecule has 0 unspecified atom stereocenters. The predicted octanol–water partition coefficient (Wildman–Crippen LogP) is 1.02. The topological polar surface area (TPSA) is 75.4 Å². The van der Waals surface area contributed by atoms with E-state index in [2.05, 4.69) is 12.2 Å². The van der Waals surface area contributed by atoms with E-state index in [0.717, 1.165) is 51.7 Å². The predicted molar refractivity (Wildman–Crippen MR) is 75.6 cm³/mol. The van der Waals surface area contributed by atoms with E-state index >= 15 is 0 Å². The van der Waals surface area contributed by atoms with E-state index in [1.54, 1.807) is 0 Å². The zero-order valence-corrected chi connectivity index (χ0v) is 12.0. The van der Waals surface area contributed by atoms with Crippen molar-refractivity contribution in [1.82, 2.24) is 10.2 Å². The lowest BCUT2D eigenvalue weighted by atomic mass is 10.1. The molecular formula is C14H27N3O2. The largest absolute Gasteiger partial charge is 0.356 e. The minimum absolute atomic E-state index is 0.0156. The number of carbonyl (C=O) groups is 2. The van der Waals surface area contributed by atoms with Gasteiger partial charge in [-0.25, -0.2) is 0 Å². The number of amides is 2. The van der Waals surface area contributed by atoms with Crippen molar-refractivity contribution in [2.75, 3.05) is 19.6 Å². The van der Waals surface area contributed by atoms with Crippen LogP contribution in [0.25, 0.3) is 0 Å². The van der Waals surface area contributed by atoms with Crippen LogP contribution in [0.2, 0.25) is 0 Å². The minimum Gasteiger partial charge on any atom is -0.356 e. The third-order valence-corrected chi connectivity index (χ3v) is 3.56. The van der Waals surface area contributed by atoms with Crippen LogP contribution in [0.5, 0.6) is 0 Å². The van der Waals surface area contributed by atoms with Gasteiger partial charge in [-0.05, 0) is 19.3 Å². The summed E-state index contributed by atoms with van der Waals surface area (Å²) >= 11 is 0. The Labute approximate surface area is 115 Å². The van der Waals surface area contributed by atoms with Gasteiger partial charge in [0.1, 0.15) is 0 Å². The van der Waals surface area contributed by atoms with Gasteiger partial charge in [-0.2, -0.15) is 0 Å². The minimum atomic E-state index is -0.0156. The number of nitrogens with one attached hydrogen (secondary N) is 1. The Bertz CT molecular complexity index is 286. The van der Waals surface area contributed by atoms with Crippen molar-refractivity contribution in [2.45, 2.75) is 57.9 Å². The highest BCUT2D eigenvalue weighted by Crippen LogP contribution is 2.10. The highest BCUT2D eigenvalue weighted by Gasteiger charge is 2.20. The molecule has 0 aromatic carbocycles. The number of rotatable bonds is 7. The standard InChI is InChI=1S/C14H27N3O2/c1-2-3-4-9-16-13(18)5-6-14(19)17-10-7-12(15)8-11-17/h12H,2-11,15H2,1H3,(H,16,18). The summed E-state index contributed by atoms with van der Waals surface area (Å²) < 4.78 is 0. The highest BCUT2D eigenvalue weighted by molar-refractivity contribution is 5.83. The number of unbranched alkanes of at least 4 members (excludes halogenated alkanes) is 2. The van der Waals surface area contributed by atoms with Gasteiger partial charge >= 0.3 is 0 Å². The van der Waals surface area contributed by atoms with Crippen molar-refractivity contribution in [1.29, 1.82) is 0 Å². The van der Waals surface area contributed by atoms with Crippen LogP contribution in [0.3, 0.4) is 0 Å². The van der Waals surface area contributed by atoms with E-state index in [1.165, 1.54) is 0 Å². The zero-order chi connectivity index (χ0) is 14.1. The van der Waals surface area contributed by atoms with Crippen LogP contribution in [-0.4, -0.2) is 42.4 Å². The summed E-state index contributed by atoms with van der Waals surface area (Å²) in [4.78, 5) is 25.3. The van der Waals surface area contributed by atoms with Crippen molar-refractivity contribution >= 4 is 11.8 Å². The molecule has 0 spiro atoms. The van der Waals surface area contributed by atoms with Gasteiger partial charge < -0.3 is 16.0 Å². The summed E-state index contributed by atoms with van der Waals surface area (Å²) in [5, 5.41) is 2.85. The van der Waals surface area contributed by atoms with Gasteiger partial charge in [-0.3, -0.25) is 9.59 Å². The summed E-state index contributed by atoms with van der Waals surface area (Å²) in [7, 11) is 0. The summed E-state index contributed by atoms with van der Waals surface area (Å²) in [5.74, 6) is 0.0637. The number of nitrogens with zero attached hydrogens (tertiary/aromatic N) is 1. The van der Waals surface area contributed by atoms with Crippen molar-refractivity contribution in [3.63, 3.8) is 0 Å². The molecule has 0 aromatic heterocycles. The molecule has 0 aromatic rings. The quantitative estimate of drug-likeness (QED) is 0.678. The van der Waals surface area contributed by atoms with E-state index in [-0.39, 0.29) is 17.9 Å². The second kappa shape index (κ2) is 8.91. The summed E-state index contributed by atoms with van der Waals surface area (Å²) in [5.41, 5.74) is 5.80. The molecule has 0 radical (unpaired) electrons. The molecular weight excluding hydrogens is 242 g/mol. The number of piperidine rings is 1. The Morgan fingerprint density at radius 1 is 1.21 bits per heavy atom. The van der Waals surface area contributed by atoms with Gasteiger partial charge in [0.25, 0.3) is 0 Å². The van der Waals surface area contributed by atoms with Gasteiger partial charge in [-0.1, -0.05) is 19.8 Å².